The second kappa shape index (κ2) is 6.75. The third kappa shape index (κ3) is 3.13. The molecule has 0 aliphatic carbocycles. The van der Waals surface area contributed by atoms with Crippen LogP contribution in [0, 0.1) is 5.82 Å². The number of benzene rings is 1. The Morgan fingerprint density at radius 2 is 1.96 bits per heavy atom. The Kier molecular flexibility index (Phi) is 4.39. The zero-order valence-electron chi connectivity index (χ0n) is 15.1. The molecule has 142 valence electrons. The number of hydrogen-bond donors (Lipinski definition) is 1. The maximum Gasteiger partial charge on any atom is 0.145 e. The van der Waals surface area contributed by atoms with Crippen LogP contribution >= 0.6 is 0 Å². The van der Waals surface area contributed by atoms with Gasteiger partial charge in [-0.2, -0.15) is 0 Å². The minimum Gasteiger partial charge on any atom is -0.485 e. The average Bonchev–Trinajstić information content (AvgIpc) is 3.05. The van der Waals surface area contributed by atoms with Crippen LogP contribution in [0.1, 0.15) is 30.7 Å². The lowest BCUT2D eigenvalue weighted by atomic mass is 9.86. The molecule has 1 aromatic rings. The molecule has 4 saturated heterocycles. The highest BCUT2D eigenvalue weighted by molar-refractivity contribution is 5.37. The Labute approximate surface area is 153 Å². The predicted octanol–water partition coefficient (Wildman–Crippen LogP) is 1.91. The van der Waals surface area contributed by atoms with Crippen LogP contribution in [-0.4, -0.2) is 68.6 Å². The van der Waals surface area contributed by atoms with E-state index in [4.69, 9.17) is 14.2 Å². The monoisotopic (exact) mass is 362 g/mol. The van der Waals surface area contributed by atoms with Crippen LogP contribution in [0.4, 0.5) is 4.39 Å². The van der Waals surface area contributed by atoms with Gasteiger partial charge < -0.3 is 19.5 Å². The number of hydrogen-bond acceptors (Lipinski definition) is 5. The fraction of sp³-hybridized carbons (Fsp3) is 0.700. The molecule has 1 aromatic carbocycles. The lowest BCUT2D eigenvalue weighted by molar-refractivity contribution is -0.0802. The Morgan fingerprint density at radius 1 is 1.15 bits per heavy atom. The molecular weight excluding hydrogens is 335 g/mol. The largest absolute Gasteiger partial charge is 0.485 e. The van der Waals surface area contributed by atoms with E-state index < -0.39 is 0 Å². The molecule has 0 saturated carbocycles. The van der Waals surface area contributed by atoms with Crippen molar-refractivity contribution in [2.45, 2.75) is 42.9 Å². The zero-order chi connectivity index (χ0) is 17.6. The quantitative estimate of drug-likeness (QED) is 0.886. The Hall–Kier alpha value is -1.21. The van der Waals surface area contributed by atoms with Gasteiger partial charge >= 0.3 is 0 Å². The van der Waals surface area contributed by atoms with Crippen molar-refractivity contribution in [2.75, 3.05) is 46.0 Å². The summed E-state index contributed by atoms with van der Waals surface area (Å²) in [6.45, 7) is 6.22. The maximum atomic E-state index is 13.7. The number of piperidine rings is 1. The molecule has 4 heterocycles. The van der Waals surface area contributed by atoms with Gasteiger partial charge in [-0.05, 0) is 49.9 Å². The first-order chi connectivity index (χ1) is 12.7. The molecule has 0 unspecified atom stereocenters. The number of nitrogens with zero attached hydrogens (tertiary/aromatic N) is 1. The normalized spacial score (nSPS) is 29.5. The molecule has 1 atom stereocenters. The molecule has 6 heteroatoms. The summed E-state index contributed by atoms with van der Waals surface area (Å²) in [6, 6.07) is 5.56. The molecule has 26 heavy (non-hydrogen) atoms. The van der Waals surface area contributed by atoms with Crippen molar-refractivity contribution in [3.05, 3.63) is 29.6 Å². The summed E-state index contributed by atoms with van der Waals surface area (Å²) >= 11 is 0. The highest BCUT2D eigenvalue weighted by atomic mass is 19.1. The van der Waals surface area contributed by atoms with E-state index in [-0.39, 0.29) is 17.5 Å². The smallest absolute Gasteiger partial charge is 0.145 e. The lowest BCUT2D eigenvalue weighted by Gasteiger charge is -2.40. The average molecular weight is 362 g/mol. The number of likely N-dealkylation sites (tertiary alicyclic amines) is 1. The van der Waals surface area contributed by atoms with Crippen molar-refractivity contribution < 1.29 is 18.6 Å². The van der Waals surface area contributed by atoms with Crippen LogP contribution in [0.5, 0.6) is 5.75 Å². The first-order valence-corrected chi connectivity index (χ1v) is 9.83. The summed E-state index contributed by atoms with van der Waals surface area (Å²) in [7, 11) is 0. The van der Waals surface area contributed by atoms with Gasteiger partial charge in [0.05, 0.1) is 25.4 Å². The number of nitrogens with one attached hydrogen (secondary N) is 1. The molecule has 0 amide bonds. The van der Waals surface area contributed by atoms with Crippen LogP contribution in [0.25, 0.3) is 0 Å². The third-order valence-corrected chi connectivity index (χ3v) is 6.45. The minimum atomic E-state index is -0.232. The van der Waals surface area contributed by atoms with E-state index in [1.54, 1.807) is 6.07 Å². The molecule has 0 aromatic heterocycles. The van der Waals surface area contributed by atoms with Crippen molar-refractivity contribution in [3.8, 4) is 5.75 Å². The Bertz CT molecular complexity index is 654. The van der Waals surface area contributed by atoms with Gasteiger partial charge in [-0.25, -0.2) is 4.39 Å². The third-order valence-electron chi connectivity index (χ3n) is 6.45. The predicted molar refractivity (Wildman–Crippen MR) is 95.1 cm³/mol. The van der Waals surface area contributed by atoms with Gasteiger partial charge in [-0.15, -0.1) is 0 Å². The number of ether oxygens (including phenoxy) is 3. The van der Waals surface area contributed by atoms with Crippen LogP contribution in [0.2, 0.25) is 0 Å². The van der Waals surface area contributed by atoms with Gasteiger partial charge in [0.2, 0.25) is 0 Å². The second-order valence-electron chi connectivity index (χ2n) is 8.23. The van der Waals surface area contributed by atoms with E-state index in [0.29, 0.717) is 30.9 Å². The van der Waals surface area contributed by atoms with Crippen molar-refractivity contribution >= 4 is 0 Å². The molecular formula is C20H27FN2O3. The summed E-state index contributed by atoms with van der Waals surface area (Å²) in [6.07, 6.45) is 3.39. The first-order valence-electron chi connectivity index (χ1n) is 9.83. The molecule has 0 bridgehead atoms. The Balaban J connectivity index is 1.22. The molecule has 5 rings (SSSR count). The minimum absolute atomic E-state index is 0.0681. The van der Waals surface area contributed by atoms with E-state index in [0.717, 1.165) is 57.6 Å². The van der Waals surface area contributed by atoms with E-state index >= 15 is 0 Å². The maximum absolute atomic E-state index is 13.7. The molecule has 1 spiro atoms. The molecule has 1 N–H and O–H groups in total. The van der Waals surface area contributed by atoms with Crippen LogP contribution in [0.3, 0.4) is 0 Å². The highest BCUT2D eigenvalue weighted by Crippen LogP contribution is 2.38. The Morgan fingerprint density at radius 3 is 2.58 bits per heavy atom. The summed E-state index contributed by atoms with van der Waals surface area (Å²) in [5.74, 6) is 0.911. The van der Waals surface area contributed by atoms with Crippen LogP contribution in [-0.2, 0) is 9.47 Å². The fourth-order valence-corrected chi connectivity index (χ4v) is 4.69. The fourth-order valence-electron chi connectivity index (χ4n) is 4.69. The standard InChI is InChI=1S/C20H27FN2O3/c21-15-1-2-18(19(7-15)26-17-10-24-11-17)14-3-5-23(6-4-14)16-8-20(25-9-16)12-22-13-20/h1-2,7,14,16-17,22H,3-6,8-13H2/t16-/m0/s1. The first kappa shape index (κ1) is 16.9. The SMILES string of the molecule is Fc1ccc(C2CCN([C@@H]3COC4(CNC4)C3)CC2)c(OC2COC2)c1. The topological polar surface area (TPSA) is 43.0 Å². The van der Waals surface area contributed by atoms with Gasteiger partial charge in [-0.3, -0.25) is 4.90 Å². The molecule has 5 nitrogen and oxygen atoms in total. The second-order valence-corrected chi connectivity index (χ2v) is 8.23. The van der Waals surface area contributed by atoms with Gasteiger partial charge in [0, 0.05) is 25.2 Å². The van der Waals surface area contributed by atoms with Crippen molar-refractivity contribution in [1.82, 2.24) is 10.2 Å². The van der Waals surface area contributed by atoms with Crippen molar-refractivity contribution in [1.29, 1.82) is 0 Å². The zero-order valence-corrected chi connectivity index (χ0v) is 15.1. The molecule has 4 aliphatic rings. The van der Waals surface area contributed by atoms with Gasteiger partial charge in [-0.1, -0.05) is 6.07 Å². The molecule has 4 aliphatic heterocycles. The van der Waals surface area contributed by atoms with E-state index in [1.807, 2.05) is 6.07 Å². The van der Waals surface area contributed by atoms with Crippen molar-refractivity contribution in [2.24, 2.45) is 0 Å². The molecule has 4 fully saturated rings. The van der Waals surface area contributed by atoms with Gasteiger partial charge in [0.25, 0.3) is 0 Å². The lowest BCUT2D eigenvalue weighted by Crippen LogP contribution is -2.59. The van der Waals surface area contributed by atoms with Gasteiger partial charge in [0.1, 0.15) is 17.7 Å². The van der Waals surface area contributed by atoms with Gasteiger partial charge in [0.15, 0.2) is 0 Å². The summed E-state index contributed by atoms with van der Waals surface area (Å²) < 4.78 is 31.0. The van der Waals surface area contributed by atoms with Crippen LogP contribution in [0.15, 0.2) is 18.2 Å². The van der Waals surface area contributed by atoms with Crippen LogP contribution < -0.4 is 10.1 Å². The van der Waals surface area contributed by atoms with E-state index in [1.165, 1.54) is 6.07 Å². The number of rotatable bonds is 4. The summed E-state index contributed by atoms with van der Waals surface area (Å²) in [5.41, 5.74) is 1.27. The summed E-state index contributed by atoms with van der Waals surface area (Å²) in [5, 5.41) is 3.33. The number of halogens is 1. The summed E-state index contributed by atoms with van der Waals surface area (Å²) in [4.78, 5) is 2.59. The molecule has 0 radical (unpaired) electrons. The van der Waals surface area contributed by atoms with E-state index in [2.05, 4.69) is 10.2 Å². The van der Waals surface area contributed by atoms with E-state index in [9.17, 15) is 4.39 Å². The van der Waals surface area contributed by atoms with Crippen molar-refractivity contribution in [3.63, 3.8) is 0 Å². The highest BCUT2D eigenvalue weighted by Gasteiger charge is 2.47.